The first-order chi connectivity index (χ1) is 3.83. The van der Waals surface area contributed by atoms with Gasteiger partial charge >= 0.3 is 0 Å². The van der Waals surface area contributed by atoms with Gasteiger partial charge in [0.1, 0.15) is 0 Å². The zero-order chi connectivity index (χ0) is 5.98. The van der Waals surface area contributed by atoms with E-state index in [1.54, 1.807) is 11.9 Å². The van der Waals surface area contributed by atoms with Gasteiger partial charge in [0.2, 0.25) is 0 Å². The van der Waals surface area contributed by atoms with E-state index in [2.05, 4.69) is 17.7 Å². The number of allylic oxidation sites excluding steroid dienone is 1. The van der Waals surface area contributed by atoms with Gasteiger partial charge in [-0.1, -0.05) is 6.08 Å². The molecule has 0 spiro atoms. The first kappa shape index (κ1) is 6.46. The lowest BCUT2D eigenvalue weighted by Gasteiger charge is -1.98. The molecule has 0 aromatic carbocycles. The molecule has 0 aliphatic carbocycles. The molecule has 1 rings (SSSR count). The van der Waals surface area contributed by atoms with Crippen molar-refractivity contribution >= 4 is 23.5 Å². The molecule has 0 bridgehead atoms. The van der Waals surface area contributed by atoms with Gasteiger partial charge in [-0.25, -0.2) is 0 Å². The second-order valence-corrected chi connectivity index (χ2v) is 3.15. The van der Waals surface area contributed by atoms with Gasteiger partial charge in [-0.2, -0.15) is 0 Å². The molecule has 1 aliphatic rings. The highest BCUT2D eigenvalue weighted by atomic mass is 35.5. The quantitative estimate of drug-likeness (QED) is 0.451. The molecule has 0 aromatic heterocycles. The monoisotopic (exact) mass is 149 g/mol. The summed E-state index contributed by atoms with van der Waals surface area (Å²) >= 11 is 7.21. The minimum Gasteiger partial charge on any atom is -0.252 e. The van der Waals surface area contributed by atoms with E-state index in [1.165, 1.54) is 4.91 Å². The number of nitrogens with one attached hydrogen (secondary N) is 1. The van der Waals surface area contributed by atoms with Crippen LogP contribution >= 0.6 is 23.5 Å². The predicted octanol–water partition coefficient (Wildman–Crippen LogP) is 1.75. The zero-order valence-corrected chi connectivity index (χ0v) is 6.22. The maximum atomic E-state index is 5.55. The largest absolute Gasteiger partial charge is 0.252 e. The van der Waals surface area contributed by atoms with Gasteiger partial charge in [0.25, 0.3) is 0 Å². The SMILES string of the molecule is CC1=CC(CCl)NS1. The van der Waals surface area contributed by atoms with Crippen molar-refractivity contribution in [1.29, 1.82) is 0 Å². The van der Waals surface area contributed by atoms with Crippen molar-refractivity contribution in [3.63, 3.8) is 0 Å². The topological polar surface area (TPSA) is 12.0 Å². The van der Waals surface area contributed by atoms with Crippen LogP contribution < -0.4 is 4.72 Å². The van der Waals surface area contributed by atoms with Gasteiger partial charge in [-0.15, -0.1) is 11.6 Å². The summed E-state index contributed by atoms with van der Waals surface area (Å²) in [7, 11) is 0. The Bertz CT molecular complexity index is 113. The number of hydrogen-bond donors (Lipinski definition) is 1. The zero-order valence-electron chi connectivity index (χ0n) is 4.65. The van der Waals surface area contributed by atoms with Gasteiger partial charge in [-0.3, -0.25) is 4.72 Å². The van der Waals surface area contributed by atoms with Gasteiger partial charge in [0, 0.05) is 5.88 Å². The van der Waals surface area contributed by atoms with E-state index in [4.69, 9.17) is 11.6 Å². The van der Waals surface area contributed by atoms with E-state index < -0.39 is 0 Å². The Morgan fingerprint density at radius 3 is 3.00 bits per heavy atom. The van der Waals surface area contributed by atoms with Crippen molar-refractivity contribution in [1.82, 2.24) is 4.72 Å². The fraction of sp³-hybridized carbons (Fsp3) is 0.600. The normalized spacial score (nSPS) is 28.2. The van der Waals surface area contributed by atoms with E-state index in [-0.39, 0.29) is 0 Å². The van der Waals surface area contributed by atoms with Crippen LogP contribution in [0.25, 0.3) is 0 Å². The standard InChI is InChI=1S/C5H8ClNS/c1-4-2-5(3-6)7-8-4/h2,5,7H,3H2,1H3. The summed E-state index contributed by atoms with van der Waals surface area (Å²) in [5.74, 6) is 0.671. The van der Waals surface area contributed by atoms with Crippen LogP contribution in [-0.4, -0.2) is 11.9 Å². The molecule has 0 saturated carbocycles. The van der Waals surface area contributed by atoms with E-state index in [9.17, 15) is 0 Å². The average molecular weight is 150 g/mol. The summed E-state index contributed by atoms with van der Waals surface area (Å²) in [6.45, 7) is 2.07. The Morgan fingerprint density at radius 2 is 2.75 bits per heavy atom. The second kappa shape index (κ2) is 2.76. The van der Waals surface area contributed by atoms with Crippen LogP contribution in [0.2, 0.25) is 0 Å². The lowest BCUT2D eigenvalue weighted by molar-refractivity contribution is 0.875. The molecule has 46 valence electrons. The third-order valence-electron chi connectivity index (χ3n) is 0.973. The number of alkyl halides is 1. The Balaban J connectivity index is 2.41. The number of hydrogen-bond acceptors (Lipinski definition) is 2. The van der Waals surface area contributed by atoms with Gasteiger partial charge in [0.05, 0.1) is 6.04 Å². The Kier molecular flexibility index (Phi) is 2.23. The Labute approximate surface area is 58.6 Å². The molecule has 1 aliphatic heterocycles. The number of halogens is 1. The van der Waals surface area contributed by atoms with Crippen LogP contribution in [0.15, 0.2) is 11.0 Å². The fourth-order valence-electron chi connectivity index (χ4n) is 0.596. The molecule has 1 unspecified atom stereocenters. The summed E-state index contributed by atoms with van der Waals surface area (Å²) in [6, 6.07) is 0.390. The molecule has 1 N–H and O–H groups in total. The van der Waals surface area contributed by atoms with Crippen LogP contribution in [0.4, 0.5) is 0 Å². The summed E-state index contributed by atoms with van der Waals surface area (Å²) in [4.78, 5) is 1.32. The molecule has 0 fully saturated rings. The highest BCUT2D eigenvalue weighted by Gasteiger charge is 2.09. The minimum atomic E-state index is 0.390. The summed E-state index contributed by atoms with van der Waals surface area (Å²) in [5.41, 5.74) is 0. The Morgan fingerprint density at radius 1 is 2.00 bits per heavy atom. The lowest BCUT2D eigenvalue weighted by Crippen LogP contribution is -2.16. The van der Waals surface area contributed by atoms with Crippen molar-refractivity contribution in [2.75, 3.05) is 5.88 Å². The van der Waals surface area contributed by atoms with E-state index in [1.807, 2.05) is 0 Å². The van der Waals surface area contributed by atoms with Crippen LogP contribution in [0.3, 0.4) is 0 Å². The van der Waals surface area contributed by atoms with E-state index >= 15 is 0 Å². The van der Waals surface area contributed by atoms with Gasteiger partial charge in [-0.05, 0) is 23.8 Å². The molecule has 3 heteroatoms. The second-order valence-electron chi connectivity index (χ2n) is 1.76. The molecule has 1 atom stereocenters. The smallest absolute Gasteiger partial charge is 0.0501 e. The molecule has 0 radical (unpaired) electrons. The Hall–Kier alpha value is 0.340. The molecular formula is C5H8ClNS. The van der Waals surface area contributed by atoms with E-state index in [0.717, 1.165) is 0 Å². The molecule has 1 heterocycles. The fourth-order valence-corrected chi connectivity index (χ4v) is 1.57. The van der Waals surface area contributed by atoms with Crippen molar-refractivity contribution in [2.45, 2.75) is 13.0 Å². The first-order valence-electron chi connectivity index (χ1n) is 2.49. The lowest BCUT2D eigenvalue weighted by atomic mass is 10.3. The van der Waals surface area contributed by atoms with Crippen molar-refractivity contribution in [3.05, 3.63) is 11.0 Å². The van der Waals surface area contributed by atoms with Crippen LogP contribution in [0.5, 0.6) is 0 Å². The van der Waals surface area contributed by atoms with Crippen LogP contribution in [0, 0.1) is 0 Å². The van der Waals surface area contributed by atoms with Gasteiger partial charge in [0.15, 0.2) is 0 Å². The average Bonchev–Trinajstić information content (AvgIpc) is 2.14. The van der Waals surface area contributed by atoms with Crippen LogP contribution in [0.1, 0.15) is 6.92 Å². The third-order valence-corrected chi connectivity index (χ3v) is 2.18. The predicted molar refractivity (Wildman–Crippen MR) is 39.0 cm³/mol. The van der Waals surface area contributed by atoms with Crippen LogP contribution in [-0.2, 0) is 0 Å². The molecule has 8 heavy (non-hydrogen) atoms. The summed E-state index contributed by atoms with van der Waals surface area (Å²) in [5, 5.41) is 0. The van der Waals surface area contributed by atoms with Crippen molar-refractivity contribution < 1.29 is 0 Å². The maximum absolute atomic E-state index is 5.55. The highest BCUT2D eigenvalue weighted by Crippen LogP contribution is 2.19. The third kappa shape index (κ3) is 1.41. The number of rotatable bonds is 1. The summed E-state index contributed by atoms with van der Waals surface area (Å²) in [6.07, 6.45) is 2.14. The van der Waals surface area contributed by atoms with E-state index in [0.29, 0.717) is 11.9 Å². The van der Waals surface area contributed by atoms with Crippen molar-refractivity contribution in [3.8, 4) is 0 Å². The summed E-state index contributed by atoms with van der Waals surface area (Å²) < 4.78 is 3.15. The molecule has 1 nitrogen and oxygen atoms in total. The molecule has 0 amide bonds. The first-order valence-corrected chi connectivity index (χ1v) is 3.85. The maximum Gasteiger partial charge on any atom is 0.0501 e. The molecule has 0 saturated heterocycles. The van der Waals surface area contributed by atoms with Crippen molar-refractivity contribution in [2.24, 2.45) is 0 Å². The highest BCUT2D eigenvalue weighted by molar-refractivity contribution is 8.01. The van der Waals surface area contributed by atoms with Gasteiger partial charge < -0.3 is 0 Å². The minimum absolute atomic E-state index is 0.390. The molecule has 0 aromatic rings. The molecular weight excluding hydrogens is 142 g/mol.